The molecule has 0 N–H and O–H groups in total. The van der Waals surface area contributed by atoms with Crippen molar-refractivity contribution in [1.29, 1.82) is 0 Å². The first-order valence-corrected chi connectivity index (χ1v) is 21.8. The maximum Gasteiger partial charge on any atom is 0.0465 e. The lowest BCUT2D eigenvalue weighted by Crippen LogP contribution is -2.16. The van der Waals surface area contributed by atoms with Gasteiger partial charge in [-0.1, -0.05) is 184 Å². The van der Waals surface area contributed by atoms with Gasteiger partial charge in [-0.3, -0.25) is 0 Å². The van der Waals surface area contributed by atoms with Crippen molar-refractivity contribution in [3.8, 4) is 66.8 Å². The minimum absolute atomic E-state index is 0.141. The van der Waals surface area contributed by atoms with Crippen molar-refractivity contribution < 1.29 is 0 Å². The average molecular weight is 786 g/mol. The molecule has 286 valence electrons. The highest BCUT2D eigenvalue weighted by Gasteiger charge is 2.36. The van der Waals surface area contributed by atoms with E-state index in [4.69, 9.17) is 0 Å². The van der Waals surface area contributed by atoms with E-state index in [-0.39, 0.29) is 5.41 Å². The third kappa shape index (κ3) is 6.19. The summed E-state index contributed by atoms with van der Waals surface area (Å²) in [7, 11) is 0. The molecule has 0 unspecified atom stereocenters. The Labute approximate surface area is 357 Å². The highest BCUT2D eigenvalue weighted by atomic mass is 32.2. The number of fused-ring (bicyclic) bond motifs is 6. The van der Waals surface area contributed by atoms with Crippen molar-refractivity contribution in [3.63, 3.8) is 0 Å². The molecule has 0 saturated heterocycles. The molecule has 9 aromatic carbocycles. The normalized spacial score (nSPS) is 13.2. The van der Waals surface area contributed by atoms with Crippen molar-refractivity contribution in [2.75, 3.05) is 4.90 Å². The van der Waals surface area contributed by atoms with E-state index in [1.807, 2.05) is 11.8 Å². The second-order valence-electron chi connectivity index (χ2n) is 16.4. The van der Waals surface area contributed by atoms with Gasteiger partial charge in [-0.2, -0.15) is 0 Å². The zero-order valence-corrected chi connectivity index (χ0v) is 34.6. The minimum Gasteiger partial charge on any atom is -0.310 e. The lowest BCUT2D eigenvalue weighted by Gasteiger charge is -2.28. The summed E-state index contributed by atoms with van der Waals surface area (Å²) in [6.45, 7) is 4.74. The van der Waals surface area contributed by atoms with E-state index in [2.05, 4.69) is 231 Å². The molecule has 2 heteroatoms. The summed E-state index contributed by atoms with van der Waals surface area (Å²) < 4.78 is 0. The molecule has 1 aliphatic heterocycles. The van der Waals surface area contributed by atoms with Crippen LogP contribution in [0.5, 0.6) is 0 Å². The lowest BCUT2D eigenvalue weighted by molar-refractivity contribution is 0.660. The van der Waals surface area contributed by atoms with Crippen LogP contribution in [0.4, 0.5) is 17.1 Å². The average Bonchev–Trinajstić information content (AvgIpc) is 3.54. The van der Waals surface area contributed by atoms with Gasteiger partial charge in [-0.25, -0.2) is 0 Å². The number of thioether (sulfide) groups is 1. The SMILES string of the molecule is CC1(C)c2cc(-c3ccccc3)ccc2-c2ccc(N(c3ccccc3)c3ccc(-c4ccc(-c5cccc6c5CSc5c(-c7ccccc7)cccc5-6)cc4)cc3)cc21. The Morgan fingerprint density at radius 3 is 1.52 bits per heavy atom. The molecule has 1 nitrogen and oxygen atoms in total. The van der Waals surface area contributed by atoms with Gasteiger partial charge < -0.3 is 4.90 Å². The predicted octanol–water partition coefficient (Wildman–Crippen LogP) is 16.4. The molecule has 11 rings (SSSR count). The summed E-state index contributed by atoms with van der Waals surface area (Å²) in [5, 5.41) is 0. The maximum atomic E-state index is 2.42. The van der Waals surface area contributed by atoms with E-state index < -0.39 is 0 Å². The van der Waals surface area contributed by atoms with E-state index in [0.717, 1.165) is 22.8 Å². The number of rotatable bonds is 7. The fourth-order valence-corrected chi connectivity index (χ4v) is 10.8. The summed E-state index contributed by atoms with van der Waals surface area (Å²) >= 11 is 1.96. The summed E-state index contributed by atoms with van der Waals surface area (Å²) in [4.78, 5) is 3.76. The van der Waals surface area contributed by atoms with Crippen LogP contribution >= 0.6 is 11.8 Å². The quantitative estimate of drug-likeness (QED) is 0.158. The Balaban J connectivity index is 0.892. The fraction of sp³-hybridized carbons (Fsp3) is 0.0690. The molecular formula is C58H43NS. The molecule has 0 saturated carbocycles. The smallest absolute Gasteiger partial charge is 0.0465 e. The van der Waals surface area contributed by atoms with Crippen LogP contribution in [0.1, 0.15) is 30.5 Å². The fourth-order valence-electron chi connectivity index (χ4n) is 9.50. The predicted molar refractivity (Wildman–Crippen MR) is 255 cm³/mol. The van der Waals surface area contributed by atoms with E-state index in [9.17, 15) is 0 Å². The van der Waals surface area contributed by atoms with Gasteiger partial charge in [0.15, 0.2) is 0 Å². The molecule has 1 heterocycles. The second kappa shape index (κ2) is 14.7. The van der Waals surface area contributed by atoms with E-state index >= 15 is 0 Å². The monoisotopic (exact) mass is 785 g/mol. The third-order valence-corrected chi connectivity index (χ3v) is 13.8. The number of para-hydroxylation sites is 1. The van der Waals surface area contributed by atoms with Crippen LogP contribution in [0.2, 0.25) is 0 Å². The summed E-state index contributed by atoms with van der Waals surface area (Å²) in [6, 6.07) is 78.0. The van der Waals surface area contributed by atoms with Crippen LogP contribution in [0.15, 0.2) is 217 Å². The zero-order valence-electron chi connectivity index (χ0n) is 33.8. The van der Waals surface area contributed by atoms with Crippen LogP contribution in [0, 0.1) is 0 Å². The largest absolute Gasteiger partial charge is 0.310 e. The Hall–Kier alpha value is -6.87. The standard InChI is InChI=1S/C58H43NS/c1-58(2)55-36-44(39-14-6-3-7-15-39)30-34-51(55)52-35-33-47(37-56(52)58)59(45-18-10-5-11-19-45)46-31-28-41(29-32-46)40-24-26-43(27-25-40)48-20-12-22-50-53-23-13-21-49(42-16-8-4-9-17-42)57(53)60-38-54(48)50/h3-37H,38H2,1-2H3. The zero-order chi connectivity index (χ0) is 40.2. The van der Waals surface area contributed by atoms with Crippen molar-refractivity contribution in [2.45, 2.75) is 29.9 Å². The first-order chi connectivity index (χ1) is 29.5. The van der Waals surface area contributed by atoms with Gasteiger partial charge in [-0.15, -0.1) is 11.8 Å². The molecule has 1 aliphatic carbocycles. The first kappa shape index (κ1) is 36.2. The van der Waals surface area contributed by atoms with Gasteiger partial charge in [0.05, 0.1) is 0 Å². The number of hydrogen-bond acceptors (Lipinski definition) is 2. The molecule has 0 radical (unpaired) electrons. The molecule has 0 aromatic heterocycles. The van der Waals surface area contributed by atoms with Crippen LogP contribution < -0.4 is 4.90 Å². The first-order valence-electron chi connectivity index (χ1n) is 20.9. The Kier molecular flexibility index (Phi) is 8.90. The van der Waals surface area contributed by atoms with Gasteiger partial charge in [0.25, 0.3) is 0 Å². The second-order valence-corrected chi connectivity index (χ2v) is 17.4. The summed E-state index contributed by atoms with van der Waals surface area (Å²) in [6.07, 6.45) is 0. The number of benzene rings is 9. The molecule has 9 aromatic rings. The van der Waals surface area contributed by atoms with E-state index in [1.165, 1.54) is 88.3 Å². The highest BCUT2D eigenvalue weighted by Crippen LogP contribution is 2.52. The van der Waals surface area contributed by atoms with Crippen LogP contribution in [0.3, 0.4) is 0 Å². The van der Waals surface area contributed by atoms with Gasteiger partial charge in [0, 0.05) is 33.1 Å². The van der Waals surface area contributed by atoms with Crippen molar-refractivity contribution in [1.82, 2.24) is 0 Å². The van der Waals surface area contributed by atoms with Crippen LogP contribution in [0.25, 0.3) is 66.8 Å². The molecule has 2 aliphatic rings. The van der Waals surface area contributed by atoms with Gasteiger partial charge >= 0.3 is 0 Å². The molecule has 60 heavy (non-hydrogen) atoms. The van der Waals surface area contributed by atoms with E-state index in [1.54, 1.807) is 0 Å². The van der Waals surface area contributed by atoms with E-state index in [0.29, 0.717) is 0 Å². The molecule has 0 spiro atoms. The summed E-state index contributed by atoms with van der Waals surface area (Å²) in [5.74, 6) is 0.952. The molecule has 0 amide bonds. The van der Waals surface area contributed by atoms with Crippen LogP contribution in [-0.2, 0) is 11.2 Å². The van der Waals surface area contributed by atoms with Crippen LogP contribution in [-0.4, -0.2) is 0 Å². The number of hydrogen-bond donors (Lipinski definition) is 0. The molecule has 0 atom stereocenters. The Morgan fingerprint density at radius 2 is 0.817 bits per heavy atom. The topological polar surface area (TPSA) is 3.24 Å². The molecule has 0 bridgehead atoms. The van der Waals surface area contributed by atoms with Crippen molar-refractivity contribution in [2.24, 2.45) is 0 Å². The third-order valence-electron chi connectivity index (χ3n) is 12.6. The Bertz CT molecular complexity index is 3020. The highest BCUT2D eigenvalue weighted by molar-refractivity contribution is 7.99. The van der Waals surface area contributed by atoms with Crippen molar-refractivity contribution >= 4 is 28.8 Å². The Morgan fingerprint density at radius 1 is 0.350 bits per heavy atom. The van der Waals surface area contributed by atoms with Crippen molar-refractivity contribution in [3.05, 3.63) is 229 Å². The molecular weight excluding hydrogens is 743 g/mol. The minimum atomic E-state index is -0.141. The molecule has 0 fully saturated rings. The number of nitrogens with zero attached hydrogens (tertiary/aromatic N) is 1. The lowest BCUT2D eigenvalue weighted by atomic mass is 9.81. The summed E-state index contributed by atoms with van der Waals surface area (Å²) in [5.41, 5.74) is 22.8. The van der Waals surface area contributed by atoms with Gasteiger partial charge in [0.1, 0.15) is 0 Å². The van der Waals surface area contributed by atoms with Gasteiger partial charge in [-0.05, 0) is 126 Å². The maximum absolute atomic E-state index is 2.42. The number of anilines is 3. The van der Waals surface area contributed by atoms with Gasteiger partial charge in [0.2, 0.25) is 0 Å².